The van der Waals surface area contributed by atoms with Crippen LogP contribution in [-0.2, 0) is 16.0 Å². The SMILES string of the molecule is COC(=O)C1Cc2ccccc2N1c1ccc(=O)n(C2CCCC2)n1. The quantitative estimate of drug-likeness (QED) is 0.804. The number of nitrogens with zero attached hydrogens (tertiary/aromatic N) is 3. The zero-order valence-corrected chi connectivity index (χ0v) is 14.2. The molecule has 130 valence electrons. The standard InChI is InChI=1S/C19H21N3O3/c1-25-19(24)16-12-13-6-2-5-9-15(13)21(16)17-10-11-18(23)22(20-17)14-7-3-4-8-14/h2,5-6,9-11,14,16H,3-4,7-8,12H2,1H3. The van der Waals surface area contributed by atoms with Crippen LogP contribution in [0.1, 0.15) is 37.3 Å². The summed E-state index contributed by atoms with van der Waals surface area (Å²) in [5, 5.41) is 4.62. The third-order valence-electron chi connectivity index (χ3n) is 5.18. The fourth-order valence-corrected chi connectivity index (χ4v) is 3.95. The summed E-state index contributed by atoms with van der Waals surface area (Å²) in [6.45, 7) is 0. The minimum absolute atomic E-state index is 0.0854. The number of hydrogen-bond acceptors (Lipinski definition) is 5. The van der Waals surface area contributed by atoms with Crippen molar-refractivity contribution in [3.8, 4) is 0 Å². The second kappa shape index (κ2) is 6.35. The number of fused-ring (bicyclic) bond motifs is 1. The molecule has 2 aromatic rings. The van der Waals surface area contributed by atoms with Crippen molar-refractivity contribution in [3.63, 3.8) is 0 Å². The van der Waals surface area contributed by atoms with Gasteiger partial charge < -0.3 is 9.64 Å². The number of benzene rings is 1. The van der Waals surface area contributed by atoms with E-state index in [1.807, 2.05) is 29.2 Å². The summed E-state index contributed by atoms with van der Waals surface area (Å²) in [7, 11) is 1.40. The molecule has 1 aliphatic carbocycles. The summed E-state index contributed by atoms with van der Waals surface area (Å²) < 4.78 is 6.59. The smallest absolute Gasteiger partial charge is 0.329 e. The van der Waals surface area contributed by atoms with Crippen LogP contribution in [0, 0.1) is 0 Å². The van der Waals surface area contributed by atoms with Gasteiger partial charge >= 0.3 is 5.97 Å². The lowest BCUT2D eigenvalue weighted by molar-refractivity contribution is -0.141. The molecule has 2 aliphatic rings. The number of carbonyl (C=O) groups excluding carboxylic acids is 1. The van der Waals surface area contributed by atoms with Crippen LogP contribution in [0.3, 0.4) is 0 Å². The molecule has 0 saturated heterocycles. The van der Waals surface area contributed by atoms with Crippen LogP contribution < -0.4 is 10.5 Å². The molecular weight excluding hydrogens is 318 g/mol. The van der Waals surface area contributed by atoms with Gasteiger partial charge in [-0.15, -0.1) is 0 Å². The molecule has 4 rings (SSSR count). The number of para-hydroxylation sites is 1. The van der Waals surface area contributed by atoms with Crippen molar-refractivity contribution >= 4 is 17.5 Å². The van der Waals surface area contributed by atoms with Gasteiger partial charge in [0.2, 0.25) is 0 Å². The maximum atomic E-state index is 12.3. The fourth-order valence-electron chi connectivity index (χ4n) is 3.95. The van der Waals surface area contributed by atoms with Crippen LogP contribution in [-0.4, -0.2) is 28.9 Å². The molecule has 1 aromatic heterocycles. The fraction of sp³-hybridized carbons (Fsp3) is 0.421. The molecule has 0 N–H and O–H groups in total. The summed E-state index contributed by atoms with van der Waals surface area (Å²) >= 11 is 0. The number of carbonyl (C=O) groups is 1. The topological polar surface area (TPSA) is 64.4 Å². The zero-order chi connectivity index (χ0) is 17.4. The van der Waals surface area contributed by atoms with Crippen LogP contribution >= 0.6 is 0 Å². The Hall–Kier alpha value is -2.63. The van der Waals surface area contributed by atoms with E-state index in [9.17, 15) is 9.59 Å². The molecule has 6 heteroatoms. The highest BCUT2D eigenvalue weighted by molar-refractivity contribution is 5.87. The van der Waals surface area contributed by atoms with E-state index in [0.717, 1.165) is 36.9 Å². The molecule has 0 bridgehead atoms. The highest BCUT2D eigenvalue weighted by Gasteiger charge is 2.37. The Labute approximate surface area is 146 Å². The lowest BCUT2D eigenvalue weighted by Crippen LogP contribution is -2.38. The molecule has 0 amide bonds. The average Bonchev–Trinajstić information content (AvgIpc) is 3.29. The Morgan fingerprint density at radius 2 is 1.92 bits per heavy atom. The Morgan fingerprint density at radius 1 is 1.16 bits per heavy atom. The molecule has 1 aliphatic heterocycles. The minimum atomic E-state index is -0.454. The van der Waals surface area contributed by atoms with E-state index in [4.69, 9.17) is 4.74 Å². The zero-order valence-electron chi connectivity index (χ0n) is 14.2. The van der Waals surface area contributed by atoms with E-state index in [0.29, 0.717) is 12.2 Å². The van der Waals surface area contributed by atoms with Gasteiger partial charge in [0.15, 0.2) is 5.82 Å². The molecule has 1 unspecified atom stereocenters. The van der Waals surface area contributed by atoms with Gasteiger partial charge in [-0.3, -0.25) is 4.79 Å². The van der Waals surface area contributed by atoms with Gasteiger partial charge in [0, 0.05) is 18.2 Å². The predicted octanol–water partition coefficient (Wildman–Crippen LogP) is 2.59. The third-order valence-corrected chi connectivity index (χ3v) is 5.18. The van der Waals surface area contributed by atoms with Crippen molar-refractivity contribution < 1.29 is 9.53 Å². The molecule has 25 heavy (non-hydrogen) atoms. The van der Waals surface area contributed by atoms with Gasteiger partial charge in [0.05, 0.1) is 13.2 Å². The first-order valence-electron chi connectivity index (χ1n) is 8.74. The molecular formula is C19H21N3O3. The van der Waals surface area contributed by atoms with Crippen molar-refractivity contribution in [2.45, 2.75) is 44.2 Å². The van der Waals surface area contributed by atoms with Crippen molar-refractivity contribution in [3.05, 3.63) is 52.3 Å². The van der Waals surface area contributed by atoms with Gasteiger partial charge in [0.25, 0.3) is 5.56 Å². The van der Waals surface area contributed by atoms with E-state index in [1.165, 1.54) is 7.11 Å². The lowest BCUT2D eigenvalue weighted by atomic mass is 10.1. The summed E-state index contributed by atoms with van der Waals surface area (Å²) in [6, 6.07) is 10.8. The normalized spacial score (nSPS) is 19.9. The third kappa shape index (κ3) is 2.71. The first-order chi connectivity index (χ1) is 12.2. The van der Waals surface area contributed by atoms with Crippen molar-refractivity contribution in [1.82, 2.24) is 9.78 Å². The number of methoxy groups -OCH3 is 1. The highest BCUT2D eigenvalue weighted by Crippen LogP contribution is 2.38. The number of esters is 1. The van der Waals surface area contributed by atoms with E-state index in [2.05, 4.69) is 5.10 Å². The van der Waals surface area contributed by atoms with Gasteiger partial charge in [0.1, 0.15) is 6.04 Å². The summed E-state index contributed by atoms with van der Waals surface area (Å²) in [4.78, 5) is 26.5. The average molecular weight is 339 g/mol. The Balaban J connectivity index is 1.79. The van der Waals surface area contributed by atoms with Crippen molar-refractivity contribution in [1.29, 1.82) is 0 Å². The van der Waals surface area contributed by atoms with E-state index >= 15 is 0 Å². The van der Waals surface area contributed by atoms with Crippen LogP contribution in [0.4, 0.5) is 11.5 Å². The molecule has 2 heterocycles. The van der Waals surface area contributed by atoms with Gasteiger partial charge in [-0.2, -0.15) is 5.10 Å². The molecule has 6 nitrogen and oxygen atoms in total. The maximum Gasteiger partial charge on any atom is 0.329 e. The second-order valence-corrected chi connectivity index (χ2v) is 6.65. The lowest BCUT2D eigenvalue weighted by Gasteiger charge is -2.25. The van der Waals surface area contributed by atoms with Crippen LogP contribution in [0.25, 0.3) is 0 Å². The maximum absolute atomic E-state index is 12.3. The van der Waals surface area contributed by atoms with E-state index in [-0.39, 0.29) is 17.6 Å². The van der Waals surface area contributed by atoms with Gasteiger partial charge in [-0.05, 0) is 30.5 Å². The summed E-state index contributed by atoms with van der Waals surface area (Å²) in [6.07, 6.45) is 4.79. The first kappa shape index (κ1) is 15.9. The first-order valence-corrected chi connectivity index (χ1v) is 8.74. The molecule has 0 spiro atoms. The molecule has 1 saturated carbocycles. The van der Waals surface area contributed by atoms with Crippen LogP contribution in [0.5, 0.6) is 0 Å². The minimum Gasteiger partial charge on any atom is -0.467 e. The number of ether oxygens (including phenoxy) is 1. The van der Waals surface area contributed by atoms with E-state index < -0.39 is 6.04 Å². The van der Waals surface area contributed by atoms with Crippen molar-refractivity contribution in [2.75, 3.05) is 12.0 Å². The van der Waals surface area contributed by atoms with Crippen molar-refractivity contribution in [2.24, 2.45) is 0 Å². The second-order valence-electron chi connectivity index (χ2n) is 6.65. The Kier molecular flexibility index (Phi) is 4.03. The van der Waals surface area contributed by atoms with Gasteiger partial charge in [-0.1, -0.05) is 31.0 Å². The number of rotatable bonds is 3. The summed E-state index contributed by atoms with van der Waals surface area (Å²) in [5.41, 5.74) is 1.94. The molecule has 1 aromatic carbocycles. The Bertz CT molecular complexity index is 855. The number of anilines is 2. The molecule has 1 atom stereocenters. The van der Waals surface area contributed by atoms with Crippen LogP contribution in [0.2, 0.25) is 0 Å². The highest BCUT2D eigenvalue weighted by atomic mass is 16.5. The number of aromatic nitrogens is 2. The summed E-state index contributed by atoms with van der Waals surface area (Å²) in [5.74, 6) is 0.323. The Morgan fingerprint density at radius 3 is 2.68 bits per heavy atom. The van der Waals surface area contributed by atoms with E-state index in [1.54, 1.807) is 16.8 Å². The molecule has 1 fully saturated rings. The predicted molar refractivity (Wildman–Crippen MR) is 94.1 cm³/mol. The number of hydrogen-bond donors (Lipinski definition) is 0. The van der Waals surface area contributed by atoms with Gasteiger partial charge in [-0.25, -0.2) is 9.48 Å². The largest absolute Gasteiger partial charge is 0.467 e. The molecule has 0 radical (unpaired) electrons. The van der Waals surface area contributed by atoms with Crippen LogP contribution in [0.15, 0.2) is 41.2 Å². The monoisotopic (exact) mass is 339 g/mol.